The van der Waals surface area contributed by atoms with Crippen molar-refractivity contribution < 1.29 is 9.26 Å². The minimum Gasteiger partial charge on any atom is -0.378 e. The summed E-state index contributed by atoms with van der Waals surface area (Å²) in [5.41, 5.74) is 5.63. The van der Waals surface area contributed by atoms with E-state index < -0.39 is 0 Å². The Balaban J connectivity index is 1.91. The van der Waals surface area contributed by atoms with E-state index in [4.69, 9.17) is 15.0 Å². The number of rotatable bonds is 3. The number of hydrogen-bond donors (Lipinski definition) is 1. The van der Waals surface area contributed by atoms with E-state index in [0.717, 1.165) is 25.9 Å². The second kappa shape index (κ2) is 4.72. The van der Waals surface area contributed by atoms with Crippen LogP contribution in [0.5, 0.6) is 0 Å². The molecular formula is C10H17N3O2. The molecule has 84 valence electrons. The molecular weight excluding hydrogens is 194 g/mol. The van der Waals surface area contributed by atoms with Gasteiger partial charge in [0.2, 0.25) is 5.89 Å². The Kier molecular flexibility index (Phi) is 3.33. The monoisotopic (exact) mass is 211 g/mol. The summed E-state index contributed by atoms with van der Waals surface area (Å²) in [6.45, 7) is 2.68. The van der Waals surface area contributed by atoms with Crippen LogP contribution in [0.4, 0.5) is 0 Å². The number of hydrogen-bond acceptors (Lipinski definition) is 5. The fourth-order valence-corrected chi connectivity index (χ4v) is 1.71. The predicted molar refractivity (Wildman–Crippen MR) is 54.2 cm³/mol. The van der Waals surface area contributed by atoms with Crippen LogP contribution in [0.2, 0.25) is 0 Å². The molecule has 2 N–H and O–H groups in total. The van der Waals surface area contributed by atoms with Gasteiger partial charge in [0.05, 0.1) is 12.1 Å². The molecule has 0 bridgehead atoms. The average Bonchev–Trinajstić information content (AvgIpc) is 2.68. The van der Waals surface area contributed by atoms with Crippen LogP contribution in [0.1, 0.15) is 43.9 Å². The van der Waals surface area contributed by atoms with Crippen molar-refractivity contribution in [3.63, 3.8) is 0 Å². The summed E-state index contributed by atoms with van der Waals surface area (Å²) in [6, 6.07) is -0.196. The Morgan fingerprint density at radius 2 is 2.40 bits per heavy atom. The van der Waals surface area contributed by atoms with Gasteiger partial charge in [0.25, 0.3) is 0 Å². The highest BCUT2D eigenvalue weighted by Crippen LogP contribution is 2.16. The van der Waals surface area contributed by atoms with Crippen LogP contribution in [-0.4, -0.2) is 22.9 Å². The van der Waals surface area contributed by atoms with Gasteiger partial charge in [0.1, 0.15) is 0 Å². The molecule has 2 heterocycles. The summed E-state index contributed by atoms with van der Waals surface area (Å²) in [4.78, 5) is 4.22. The maximum atomic E-state index is 5.63. The molecule has 2 atom stereocenters. The van der Waals surface area contributed by atoms with E-state index >= 15 is 0 Å². The summed E-state index contributed by atoms with van der Waals surface area (Å²) in [6.07, 6.45) is 4.45. The van der Waals surface area contributed by atoms with Gasteiger partial charge < -0.3 is 15.0 Å². The minimum absolute atomic E-state index is 0.196. The smallest absolute Gasteiger partial charge is 0.243 e. The van der Waals surface area contributed by atoms with Crippen LogP contribution in [0, 0.1) is 0 Å². The quantitative estimate of drug-likeness (QED) is 0.813. The average molecular weight is 211 g/mol. The first-order valence-electron chi connectivity index (χ1n) is 5.45. The van der Waals surface area contributed by atoms with E-state index in [0.29, 0.717) is 11.7 Å². The highest BCUT2D eigenvalue weighted by Gasteiger charge is 2.18. The number of nitrogens with two attached hydrogens (primary N) is 1. The lowest BCUT2D eigenvalue weighted by Gasteiger charge is -2.20. The Morgan fingerprint density at radius 3 is 3.00 bits per heavy atom. The largest absolute Gasteiger partial charge is 0.378 e. The zero-order valence-corrected chi connectivity index (χ0v) is 8.98. The van der Waals surface area contributed by atoms with Crippen molar-refractivity contribution in [2.24, 2.45) is 5.73 Å². The second-order valence-electron chi connectivity index (χ2n) is 4.03. The lowest BCUT2D eigenvalue weighted by molar-refractivity contribution is 0.0153. The van der Waals surface area contributed by atoms with Gasteiger partial charge in [-0.05, 0) is 26.2 Å². The van der Waals surface area contributed by atoms with E-state index in [2.05, 4.69) is 10.1 Å². The molecule has 1 aromatic heterocycles. The molecule has 5 nitrogen and oxygen atoms in total. The Morgan fingerprint density at radius 1 is 1.53 bits per heavy atom. The first-order chi connectivity index (χ1) is 7.25. The van der Waals surface area contributed by atoms with Crippen LogP contribution in [0.15, 0.2) is 4.52 Å². The van der Waals surface area contributed by atoms with E-state index in [1.54, 1.807) is 0 Å². The fourth-order valence-electron chi connectivity index (χ4n) is 1.71. The maximum Gasteiger partial charge on any atom is 0.243 e. The first-order valence-corrected chi connectivity index (χ1v) is 5.45. The van der Waals surface area contributed by atoms with Crippen molar-refractivity contribution in [2.75, 3.05) is 6.61 Å². The molecule has 1 fully saturated rings. The fraction of sp³-hybridized carbons (Fsp3) is 0.800. The minimum atomic E-state index is -0.196. The van der Waals surface area contributed by atoms with Crippen molar-refractivity contribution in [3.05, 3.63) is 11.7 Å². The molecule has 0 aliphatic carbocycles. The zero-order valence-electron chi connectivity index (χ0n) is 8.98. The molecule has 0 aromatic carbocycles. The number of aromatic nitrogens is 2. The van der Waals surface area contributed by atoms with Gasteiger partial charge in [-0.1, -0.05) is 5.16 Å². The van der Waals surface area contributed by atoms with Gasteiger partial charge in [0.15, 0.2) is 5.82 Å². The van der Waals surface area contributed by atoms with E-state index in [1.165, 1.54) is 6.42 Å². The maximum absolute atomic E-state index is 5.63. The molecule has 5 heteroatoms. The van der Waals surface area contributed by atoms with Crippen LogP contribution >= 0.6 is 0 Å². The summed E-state index contributed by atoms with van der Waals surface area (Å²) in [5.74, 6) is 1.20. The van der Waals surface area contributed by atoms with Crippen molar-refractivity contribution in [3.8, 4) is 0 Å². The molecule has 0 radical (unpaired) electrons. The van der Waals surface area contributed by atoms with Crippen molar-refractivity contribution in [1.29, 1.82) is 0 Å². The van der Waals surface area contributed by atoms with Gasteiger partial charge in [-0.3, -0.25) is 0 Å². The molecule has 1 aliphatic heterocycles. The van der Waals surface area contributed by atoms with Gasteiger partial charge >= 0.3 is 0 Å². The topological polar surface area (TPSA) is 74.2 Å². The van der Waals surface area contributed by atoms with E-state index in [1.807, 2.05) is 6.92 Å². The molecule has 0 spiro atoms. The van der Waals surface area contributed by atoms with Crippen LogP contribution < -0.4 is 5.73 Å². The van der Waals surface area contributed by atoms with Gasteiger partial charge in [-0.25, -0.2) is 0 Å². The highest BCUT2D eigenvalue weighted by molar-refractivity contribution is 4.92. The Bertz CT molecular complexity index is 305. The molecule has 1 saturated heterocycles. The first kappa shape index (κ1) is 10.6. The van der Waals surface area contributed by atoms with E-state index in [-0.39, 0.29) is 12.1 Å². The van der Waals surface area contributed by atoms with Gasteiger partial charge in [-0.15, -0.1) is 0 Å². The highest BCUT2D eigenvalue weighted by atomic mass is 16.5. The SMILES string of the molecule is CC(N)c1nc(CC2CCCCO2)no1. The van der Waals surface area contributed by atoms with Crippen LogP contribution in [-0.2, 0) is 11.2 Å². The Labute approximate surface area is 89.0 Å². The van der Waals surface area contributed by atoms with Crippen LogP contribution in [0.25, 0.3) is 0 Å². The number of ether oxygens (including phenoxy) is 1. The molecule has 15 heavy (non-hydrogen) atoms. The molecule has 1 aliphatic rings. The lowest BCUT2D eigenvalue weighted by Crippen LogP contribution is -2.21. The summed E-state index contributed by atoms with van der Waals surface area (Å²) >= 11 is 0. The van der Waals surface area contributed by atoms with Crippen LogP contribution in [0.3, 0.4) is 0 Å². The molecule has 0 saturated carbocycles. The zero-order chi connectivity index (χ0) is 10.7. The third-order valence-electron chi connectivity index (χ3n) is 2.56. The Hall–Kier alpha value is -0.940. The summed E-state index contributed by atoms with van der Waals surface area (Å²) in [7, 11) is 0. The third kappa shape index (κ3) is 2.76. The molecule has 2 unspecified atom stereocenters. The van der Waals surface area contributed by atoms with Crippen molar-refractivity contribution in [1.82, 2.24) is 10.1 Å². The standard InChI is InChI=1S/C10H17N3O2/c1-7(11)10-12-9(13-15-10)6-8-4-2-3-5-14-8/h7-8H,2-6,11H2,1H3. The normalized spacial score (nSPS) is 24.0. The third-order valence-corrected chi connectivity index (χ3v) is 2.56. The second-order valence-corrected chi connectivity index (χ2v) is 4.03. The number of nitrogens with zero attached hydrogens (tertiary/aromatic N) is 2. The molecule has 2 rings (SSSR count). The summed E-state index contributed by atoms with van der Waals surface area (Å²) in [5, 5.41) is 3.89. The van der Waals surface area contributed by atoms with Crippen molar-refractivity contribution >= 4 is 0 Å². The van der Waals surface area contributed by atoms with Crippen molar-refractivity contribution in [2.45, 2.75) is 44.8 Å². The molecule has 1 aromatic rings. The predicted octanol–water partition coefficient (Wildman–Crippen LogP) is 1.20. The molecule has 0 amide bonds. The lowest BCUT2D eigenvalue weighted by atomic mass is 10.1. The van der Waals surface area contributed by atoms with Gasteiger partial charge in [0, 0.05) is 13.0 Å². The van der Waals surface area contributed by atoms with E-state index in [9.17, 15) is 0 Å². The van der Waals surface area contributed by atoms with Gasteiger partial charge in [-0.2, -0.15) is 4.98 Å². The summed E-state index contributed by atoms with van der Waals surface area (Å²) < 4.78 is 10.6.